The van der Waals surface area contributed by atoms with E-state index in [0.29, 0.717) is 0 Å². The van der Waals surface area contributed by atoms with Crippen molar-refractivity contribution in [2.45, 2.75) is 14.4 Å². The summed E-state index contributed by atoms with van der Waals surface area (Å²) in [6.45, 7) is 2.11. The molecule has 0 radical (unpaired) electrons. The van der Waals surface area contributed by atoms with Crippen LogP contribution >= 0.6 is 18.5 Å². The maximum atomic E-state index is 6.69. The SMILES string of the molecule is C.Cc1ccc(N(C)C)c(P(Cl)c2ccccc2)c1. The van der Waals surface area contributed by atoms with Crippen LogP contribution < -0.4 is 15.5 Å². The van der Waals surface area contributed by atoms with E-state index < -0.39 is 7.27 Å². The predicted octanol–water partition coefficient (Wildman–Crippen LogP) is 4.28. The van der Waals surface area contributed by atoms with Crippen LogP contribution in [-0.4, -0.2) is 14.1 Å². The van der Waals surface area contributed by atoms with E-state index in [1.165, 1.54) is 21.9 Å². The molecule has 0 N–H and O–H groups in total. The van der Waals surface area contributed by atoms with E-state index in [9.17, 15) is 0 Å². The van der Waals surface area contributed by atoms with Gasteiger partial charge in [-0.2, -0.15) is 0 Å². The van der Waals surface area contributed by atoms with Crippen molar-refractivity contribution in [3.05, 3.63) is 54.1 Å². The third-order valence-corrected chi connectivity index (χ3v) is 5.47. The molecule has 0 aromatic heterocycles. The summed E-state index contributed by atoms with van der Waals surface area (Å²) in [6.07, 6.45) is 0. The zero-order valence-corrected chi connectivity index (χ0v) is 12.5. The first-order valence-corrected chi connectivity index (χ1v) is 8.13. The molecule has 2 rings (SSSR count). The molecule has 0 aliphatic heterocycles. The molecule has 0 heterocycles. The van der Waals surface area contributed by atoms with Crippen LogP contribution in [0, 0.1) is 6.92 Å². The molecule has 0 aliphatic rings. The van der Waals surface area contributed by atoms with Gasteiger partial charge in [-0.25, -0.2) is 0 Å². The Hall–Kier alpha value is -1.04. The van der Waals surface area contributed by atoms with E-state index >= 15 is 0 Å². The number of aryl methyl sites for hydroxylation is 1. The summed E-state index contributed by atoms with van der Waals surface area (Å²) in [7, 11) is 3.30. The minimum absolute atomic E-state index is 0. The Labute approximate surface area is 122 Å². The van der Waals surface area contributed by atoms with Gasteiger partial charge in [0, 0.05) is 25.1 Å². The Morgan fingerprint density at radius 2 is 1.63 bits per heavy atom. The highest BCUT2D eigenvalue weighted by Crippen LogP contribution is 2.41. The zero-order valence-electron chi connectivity index (χ0n) is 10.9. The zero-order chi connectivity index (χ0) is 13.1. The highest BCUT2D eigenvalue weighted by Gasteiger charge is 2.16. The lowest BCUT2D eigenvalue weighted by molar-refractivity contribution is 1.14. The van der Waals surface area contributed by atoms with Crippen LogP contribution in [0.3, 0.4) is 0 Å². The third-order valence-electron chi connectivity index (χ3n) is 2.81. The maximum absolute atomic E-state index is 6.69. The van der Waals surface area contributed by atoms with Crippen molar-refractivity contribution in [2.24, 2.45) is 0 Å². The van der Waals surface area contributed by atoms with Crippen LogP contribution in [0.2, 0.25) is 0 Å². The molecule has 0 bridgehead atoms. The molecule has 2 aromatic rings. The monoisotopic (exact) mass is 293 g/mol. The topological polar surface area (TPSA) is 3.24 Å². The van der Waals surface area contributed by atoms with E-state index in [1.807, 2.05) is 18.2 Å². The van der Waals surface area contributed by atoms with Crippen molar-refractivity contribution in [2.75, 3.05) is 19.0 Å². The third kappa shape index (κ3) is 3.72. The van der Waals surface area contributed by atoms with Gasteiger partial charge in [0.25, 0.3) is 0 Å². The lowest BCUT2D eigenvalue weighted by Crippen LogP contribution is -2.20. The fourth-order valence-corrected chi connectivity index (χ4v) is 4.12. The van der Waals surface area contributed by atoms with Gasteiger partial charge in [-0.1, -0.05) is 60.6 Å². The van der Waals surface area contributed by atoms with Crippen molar-refractivity contribution in [1.82, 2.24) is 0 Å². The highest BCUT2D eigenvalue weighted by atomic mass is 35.7. The number of nitrogens with zero attached hydrogens (tertiary/aromatic N) is 1. The Morgan fingerprint density at radius 1 is 1.00 bits per heavy atom. The molecule has 102 valence electrons. The molecule has 1 nitrogen and oxygen atoms in total. The molecule has 0 aliphatic carbocycles. The van der Waals surface area contributed by atoms with Gasteiger partial charge in [0.15, 0.2) is 0 Å². The smallest absolute Gasteiger partial charge is 0.0545 e. The first-order valence-electron chi connectivity index (χ1n) is 5.88. The lowest BCUT2D eigenvalue weighted by Gasteiger charge is -2.21. The van der Waals surface area contributed by atoms with Gasteiger partial charge in [-0.3, -0.25) is 0 Å². The van der Waals surface area contributed by atoms with E-state index in [0.717, 1.165) is 0 Å². The summed E-state index contributed by atoms with van der Waals surface area (Å²) in [6, 6.07) is 16.8. The molecule has 3 heteroatoms. The number of anilines is 1. The molecular formula is C16H21ClNP. The van der Waals surface area contributed by atoms with Gasteiger partial charge >= 0.3 is 0 Å². The Kier molecular flexibility index (Phi) is 5.85. The van der Waals surface area contributed by atoms with Gasteiger partial charge < -0.3 is 4.90 Å². The van der Waals surface area contributed by atoms with Crippen molar-refractivity contribution in [3.8, 4) is 0 Å². The van der Waals surface area contributed by atoms with Gasteiger partial charge in [0.2, 0.25) is 0 Å². The molecule has 0 spiro atoms. The fourth-order valence-electron chi connectivity index (χ4n) is 1.87. The van der Waals surface area contributed by atoms with Gasteiger partial charge in [0.05, 0.1) is 7.27 Å². The summed E-state index contributed by atoms with van der Waals surface area (Å²) >= 11 is 6.69. The molecular weight excluding hydrogens is 273 g/mol. The Morgan fingerprint density at radius 3 is 2.21 bits per heavy atom. The number of halogens is 1. The summed E-state index contributed by atoms with van der Waals surface area (Å²) in [4.78, 5) is 2.12. The summed E-state index contributed by atoms with van der Waals surface area (Å²) < 4.78 is 0. The molecule has 1 unspecified atom stereocenters. The average molecular weight is 294 g/mol. The van der Waals surface area contributed by atoms with E-state index in [4.69, 9.17) is 11.2 Å². The molecule has 19 heavy (non-hydrogen) atoms. The predicted molar refractivity (Wildman–Crippen MR) is 90.7 cm³/mol. The number of rotatable bonds is 3. The Bertz CT molecular complexity index is 526. The van der Waals surface area contributed by atoms with Crippen LogP contribution in [0.5, 0.6) is 0 Å². The van der Waals surface area contributed by atoms with Crippen LogP contribution in [0.25, 0.3) is 0 Å². The minimum Gasteiger partial charge on any atom is -0.377 e. The average Bonchev–Trinajstić information content (AvgIpc) is 2.38. The second-order valence-corrected chi connectivity index (χ2v) is 7.08. The van der Waals surface area contributed by atoms with E-state index in [2.05, 4.69) is 56.3 Å². The normalized spacial score (nSPS) is 11.6. The first kappa shape index (κ1) is 16.0. The van der Waals surface area contributed by atoms with Gasteiger partial charge in [0.1, 0.15) is 0 Å². The van der Waals surface area contributed by atoms with Crippen molar-refractivity contribution in [1.29, 1.82) is 0 Å². The number of hydrogen-bond donors (Lipinski definition) is 0. The molecule has 2 aromatic carbocycles. The largest absolute Gasteiger partial charge is 0.377 e. The molecule has 0 saturated heterocycles. The quantitative estimate of drug-likeness (QED) is 0.763. The van der Waals surface area contributed by atoms with E-state index in [-0.39, 0.29) is 7.43 Å². The van der Waals surface area contributed by atoms with Gasteiger partial charge in [-0.05, 0) is 24.4 Å². The fraction of sp³-hybridized carbons (Fsp3) is 0.250. The van der Waals surface area contributed by atoms with Crippen LogP contribution in [-0.2, 0) is 0 Å². The standard InChI is InChI=1S/C15H17ClNP.CH4/c1-12-9-10-14(17(2)3)15(11-12)18(16)13-7-5-4-6-8-13;/h4-11H,1-3H3;1H4. The first-order chi connectivity index (χ1) is 8.59. The van der Waals surface area contributed by atoms with Crippen LogP contribution in [0.1, 0.15) is 13.0 Å². The van der Waals surface area contributed by atoms with Gasteiger partial charge in [-0.15, -0.1) is 0 Å². The highest BCUT2D eigenvalue weighted by molar-refractivity contribution is 7.95. The van der Waals surface area contributed by atoms with Crippen LogP contribution in [0.15, 0.2) is 48.5 Å². The molecule has 0 amide bonds. The maximum Gasteiger partial charge on any atom is 0.0545 e. The van der Waals surface area contributed by atoms with Crippen LogP contribution in [0.4, 0.5) is 5.69 Å². The second-order valence-electron chi connectivity index (χ2n) is 4.50. The summed E-state index contributed by atoms with van der Waals surface area (Å²) in [5.41, 5.74) is 2.45. The van der Waals surface area contributed by atoms with E-state index in [1.54, 1.807) is 0 Å². The lowest BCUT2D eigenvalue weighted by atomic mass is 10.2. The molecule has 0 saturated carbocycles. The number of benzene rings is 2. The second kappa shape index (κ2) is 6.93. The van der Waals surface area contributed by atoms with Crippen molar-refractivity contribution in [3.63, 3.8) is 0 Å². The summed E-state index contributed by atoms with van der Waals surface area (Å²) in [5.74, 6) is 0. The number of hydrogen-bond acceptors (Lipinski definition) is 1. The molecule has 0 fully saturated rings. The minimum atomic E-state index is -0.810. The van der Waals surface area contributed by atoms with Crippen molar-refractivity contribution >= 4 is 34.8 Å². The molecule has 1 atom stereocenters. The summed E-state index contributed by atoms with van der Waals surface area (Å²) in [5, 5.41) is 2.42. The Balaban J connectivity index is 0.00000180. The van der Waals surface area contributed by atoms with Crippen molar-refractivity contribution < 1.29 is 0 Å².